The second-order valence-corrected chi connectivity index (χ2v) is 9.13. The largest absolute Gasteiger partial charge is 0.369 e. The molecule has 8 nitrogen and oxygen atoms in total. The molecule has 0 aliphatic heterocycles. The van der Waals surface area contributed by atoms with Crippen LogP contribution in [-0.2, 0) is 16.6 Å². The maximum Gasteiger partial charge on any atom is 0.271 e. The van der Waals surface area contributed by atoms with Crippen LogP contribution in [-0.4, -0.2) is 29.3 Å². The molecular weight excluding hydrogens is 440 g/mol. The zero-order chi connectivity index (χ0) is 22.2. The van der Waals surface area contributed by atoms with E-state index in [2.05, 4.69) is 4.98 Å². The highest BCUT2D eigenvalue weighted by molar-refractivity contribution is 7.90. The minimum absolute atomic E-state index is 0.0917. The number of benzene rings is 2. The molecule has 0 N–H and O–H groups in total. The number of hydrogen-bond acceptors (Lipinski definition) is 6. The number of hydrogen-bond donors (Lipinski definition) is 0. The first-order chi connectivity index (χ1) is 14.8. The standard InChI is InChI=1S/C21H17ClN4O4S/c1-24(21-9-8-16(26(27)28)11-19(21)22)13-15-14-25(20-7-3-2-6-18(15)20)31(29,30)17-5-4-10-23-12-17/h2-12,14H,13H2,1H3. The number of anilines is 1. The van der Waals surface area contributed by atoms with E-state index in [4.69, 9.17) is 11.6 Å². The Morgan fingerprint density at radius 1 is 1.16 bits per heavy atom. The van der Waals surface area contributed by atoms with E-state index in [0.717, 1.165) is 10.9 Å². The van der Waals surface area contributed by atoms with Crippen molar-refractivity contribution < 1.29 is 13.3 Å². The highest BCUT2D eigenvalue weighted by Crippen LogP contribution is 2.32. The zero-order valence-corrected chi connectivity index (χ0v) is 17.9. The first-order valence-corrected chi connectivity index (χ1v) is 11.0. The Balaban J connectivity index is 1.75. The summed E-state index contributed by atoms with van der Waals surface area (Å²) in [5.41, 5.74) is 1.81. The normalized spacial score (nSPS) is 11.5. The third-order valence-electron chi connectivity index (χ3n) is 4.91. The molecule has 0 aliphatic carbocycles. The lowest BCUT2D eigenvalue weighted by Gasteiger charge is -2.20. The summed E-state index contributed by atoms with van der Waals surface area (Å²) >= 11 is 6.26. The summed E-state index contributed by atoms with van der Waals surface area (Å²) in [6.45, 7) is 0.341. The summed E-state index contributed by atoms with van der Waals surface area (Å²) in [6, 6.07) is 14.5. The average Bonchev–Trinajstić information content (AvgIpc) is 3.13. The SMILES string of the molecule is CN(Cc1cn(S(=O)(=O)c2cccnc2)c2ccccc12)c1ccc([N+](=O)[O-])cc1Cl. The highest BCUT2D eigenvalue weighted by atomic mass is 35.5. The Hall–Kier alpha value is -3.43. The van der Waals surface area contributed by atoms with Crippen molar-refractivity contribution in [3.8, 4) is 0 Å². The van der Waals surface area contributed by atoms with E-state index in [1.54, 1.807) is 37.5 Å². The van der Waals surface area contributed by atoms with Gasteiger partial charge in [-0.05, 0) is 29.8 Å². The van der Waals surface area contributed by atoms with Crippen LogP contribution in [0.4, 0.5) is 11.4 Å². The number of rotatable bonds is 6. The van der Waals surface area contributed by atoms with Crippen molar-refractivity contribution in [1.82, 2.24) is 8.96 Å². The van der Waals surface area contributed by atoms with Crippen LogP contribution in [0.2, 0.25) is 5.02 Å². The van der Waals surface area contributed by atoms with E-state index in [9.17, 15) is 18.5 Å². The van der Waals surface area contributed by atoms with Gasteiger partial charge in [-0.15, -0.1) is 0 Å². The molecule has 0 bridgehead atoms. The van der Waals surface area contributed by atoms with Gasteiger partial charge in [0.15, 0.2) is 0 Å². The van der Waals surface area contributed by atoms with Crippen molar-refractivity contribution in [2.24, 2.45) is 0 Å². The van der Waals surface area contributed by atoms with Crippen LogP contribution in [0, 0.1) is 10.1 Å². The second kappa shape index (κ2) is 8.01. The Labute approximate surface area is 183 Å². The van der Waals surface area contributed by atoms with Gasteiger partial charge in [0.2, 0.25) is 0 Å². The lowest BCUT2D eigenvalue weighted by molar-refractivity contribution is -0.384. The van der Waals surface area contributed by atoms with Crippen LogP contribution in [0.15, 0.2) is 78.1 Å². The average molecular weight is 457 g/mol. The number of halogens is 1. The van der Waals surface area contributed by atoms with Crippen LogP contribution < -0.4 is 4.90 Å². The van der Waals surface area contributed by atoms with Gasteiger partial charge in [0.1, 0.15) is 4.90 Å². The molecule has 2 aromatic carbocycles. The molecule has 0 saturated heterocycles. The second-order valence-electron chi connectivity index (χ2n) is 6.91. The van der Waals surface area contributed by atoms with Gasteiger partial charge in [-0.1, -0.05) is 29.8 Å². The molecule has 0 saturated carbocycles. The fraction of sp³-hybridized carbons (Fsp3) is 0.0952. The van der Waals surface area contributed by atoms with Crippen LogP contribution in [0.25, 0.3) is 10.9 Å². The van der Waals surface area contributed by atoms with Gasteiger partial charge in [-0.3, -0.25) is 15.1 Å². The maximum atomic E-state index is 13.2. The number of nitro benzene ring substituents is 1. The predicted molar refractivity (Wildman–Crippen MR) is 119 cm³/mol. The summed E-state index contributed by atoms with van der Waals surface area (Å²) in [7, 11) is -2.05. The van der Waals surface area contributed by atoms with Gasteiger partial charge in [-0.25, -0.2) is 12.4 Å². The van der Waals surface area contributed by atoms with Crippen molar-refractivity contribution in [2.75, 3.05) is 11.9 Å². The molecule has 4 aromatic rings. The molecule has 10 heteroatoms. The molecule has 0 atom stereocenters. The number of nitrogens with zero attached hydrogens (tertiary/aromatic N) is 4. The Morgan fingerprint density at radius 2 is 1.94 bits per heavy atom. The predicted octanol–water partition coefficient (Wildman–Crippen LogP) is 4.47. The van der Waals surface area contributed by atoms with E-state index in [1.165, 1.54) is 34.6 Å². The minimum Gasteiger partial charge on any atom is -0.369 e. The van der Waals surface area contributed by atoms with Crippen LogP contribution >= 0.6 is 11.6 Å². The van der Waals surface area contributed by atoms with Crippen LogP contribution in [0.1, 0.15) is 5.56 Å². The van der Waals surface area contributed by atoms with Gasteiger partial charge in [0.25, 0.3) is 15.7 Å². The first-order valence-electron chi connectivity index (χ1n) is 9.18. The monoisotopic (exact) mass is 456 g/mol. The fourth-order valence-electron chi connectivity index (χ4n) is 3.42. The van der Waals surface area contributed by atoms with E-state index >= 15 is 0 Å². The summed E-state index contributed by atoms with van der Waals surface area (Å²) in [6.07, 6.45) is 4.41. The summed E-state index contributed by atoms with van der Waals surface area (Å²) in [5.74, 6) is 0. The fourth-order valence-corrected chi connectivity index (χ4v) is 5.09. The van der Waals surface area contributed by atoms with Gasteiger partial charge in [0.05, 0.1) is 21.2 Å². The van der Waals surface area contributed by atoms with Gasteiger partial charge >= 0.3 is 0 Å². The minimum atomic E-state index is -3.83. The van der Waals surface area contributed by atoms with Crippen molar-refractivity contribution in [1.29, 1.82) is 0 Å². The van der Waals surface area contributed by atoms with Crippen molar-refractivity contribution >= 4 is 43.9 Å². The molecule has 0 radical (unpaired) electrons. The molecular formula is C21H17ClN4O4S. The summed E-state index contributed by atoms with van der Waals surface area (Å²) in [4.78, 5) is 16.3. The molecule has 0 spiro atoms. The summed E-state index contributed by atoms with van der Waals surface area (Å²) in [5, 5.41) is 12.0. The van der Waals surface area contributed by atoms with E-state index < -0.39 is 14.9 Å². The number of nitro groups is 1. The van der Waals surface area contributed by atoms with Gasteiger partial charge in [-0.2, -0.15) is 0 Å². The number of aromatic nitrogens is 2. The third-order valence-corrected chi connectivity index (χ3v) is 6.87. The number of non-ortho nitro benzene ring substituents is 1. The molecule has 0 unspecified atom stereocenters. The van der Waals surface area contributed by atoms with Gasteiger partial charge in [0, 0.05) is 49.7 Å². The number of para-hydroxylation sites is 1. The number of pyridine rings is 1. The van der Waals surface area contributed by atoms with Crippen molar-refractivity contribution in [3.63, 3.8) is 0 Å². The van der Waals surface area contributed by atoms with Crippen LogP contribution in [0.3, 0.4) is 0 Å². The maximum absolute atomic E-state index is 13.2. The zero-order valence-electron chi connectivity index (χ0n) is 16.3. The van der Waals surface area contributed by atoms with Crippen molar-refractivity contribution in [3.05, 3.63) is 93.9 Å². The first kappa shape index (κ1) is 20.8. The third kappa shape index (κ3) is 3.85. The number of fused-ring (bicyclic) bond motifs is 1. The molecule has 2 heterocycles. The molecule has 0 fully saturated rings. The molecule has 4 rings (SSSR count). The molecule has 0 aliphatic rings. The van der Waals surface area contributed by atoms with Gasteiger partial charge < -0.3 is 4.90 Å². The molecule has 158 valence electrons. The highest BCUT2D eigenvalue weighted by Gasteiger charge is 2.22. The Morgan fingerprint density at radius 3 is 2.61 bits per heavy atom. The molecule has 0 amide bonds. The topological polar surface area (TPSA) is 98.3 Å². The lowest BCUT2D eigenvalue weighted by Crippen LogP contribution is -2.17. The van der Waals surface area contributed by atoms with E-state index in [1.807, 2.05) is 17.0 Å². The Bertz CT molecular complexity index is 1390. The summed E-state index contributed by atoms with van der Waals surface area (Å²) < 4.78 is 27.6. The van der Waals surface area contributed by atoms with E-state index in [0.29, 0.717) is 17.7 Å². The quantitative estimate of drug-likeness (QED) is 0.313. The van der Waals surface area contributed by atoms with E-state index in [-0.39, 0.29) is 15.6 Å². The Kier molecular flexibility index (Phi) is 5.38. The smallest absolute Gasteiger partial charge is 0.271 e. The van der Waals surface area contributed by atoms with Crippen LogP contribution in [0.5, 0.6) is 0 Å². The lowest BCUT2D eigenvalue weighted by atomic mass is 10.1. The molecule has 31 heavy (non-hydrogen) atoms. The van der Waals surface area contributed by atoms with Crippen molar-refractivity contribution in [2.45, 2.75) is 11.4 Å². The molecule has 2 aromatic heterocycles.